The molecule has 0 bridgehead atoms. The van der Waals surface area contributed by atoms with Crippen LogP contribution >= 0.6 is 11.3 Å². The topological polar surface area (TPSA) is 39.0 Å². The van der Waals surface area contributed by atoms with E-state index in [4.69, 9.17) is 0 Å². The van der Waals surface area contributed by atoms with Crippen molar-refractivity contribution in [2.75, 3.05) is 13.1 Å². The van der Waals surface area contributed by atoms with E-state index < -0.39 is 0 Å². The highest BCUT2D eigenvalue weighted by Gasteiger charge is 1.91. The van der Waals surface area contributed by atoms with Crippen molar-refractivity contribution >= 4 is 17.6 Å². The average molecular weight is 155 g/mol. The smallest absolute Gasteiger partial charge is 0.159 e. The zero-order chi connectivity index (χ0) is 7.23. The number of carbonyl (C=O) groups is 1. The van der Waals surface area contributed by atoms with Crippen molar-refractivity contribution in [3.63, 3.8) is 0 Å². The molecule has 0 saturated carbocycles. The second-order valence-corrected chi connectivity index (χ2v) is 2.86. The summed E-state index contributed by atoms with van der Waals surface area (Å²) < 4.78 is 0. The Hall–Kier alpha value is -0.670. The van der Waals surface area contributed by atoms with Crippen LogP contribution in [-0.4, -0.2) is 19.4 Å². The van der Waals surface area contributed by atoms with Crippen molar-refractivity contribution in [3.8, 4) is 0 Å². The van der Waals surface area contributed by atoms with E-state index in [0.717, 1.165) is 11.2 Å². The van der Waals surface area contributed by atoms with Crippen LogP contribution in [0.25, 0.3) is 0 Å². The lowest BCUT2D eigenvalue weighted by atomic mass is 10.5. The van der Waals surface area contributed by atoms with Crippen molar-refractivity contribution in [3.05, 3.63) is 22.4 Å². The molecule has 1 N–H and O–H groups in total. The van der Waals surface area contributed by atoms with Gasteiger partial charge in [0.25, 0.3) is 0 Å². The molecular weight excluding hydrogens is 146 g/mol. The van der Waals surface area contributed by atoms with E-state index in [-0.39, 0.29) is 0 Å². The molecule has 1 aliphatic rings. The van der Waals surface area contributed by atoms with Gasteiger partial charge >= 0.3 is 0 Å². The van der Waals surface area contributed by atoms with Crippen molar-refractivity contribution < 1.29 is 4.79 Å². The summed E-state index contributed by atoms with van der Waals surface area (Å²) in [5.41, 5.74) is 0. The Labute approximate surface area is 63.9 Å². The summed E-state index contributed by atoms with van der Waals surface area (Å²) in [6.07, 6.45) is 0.852. The summed E-state index contributed by atoms with van der Waals surface area (Å²) in [5.74, 6) is 0. The van der Waals surface area contributed by atoms with Gasteiger partial charge in [0.2, 0.25) is 0 Å². The lowest BCUT2D eigenvalue weighted by Crippen LogP contribution is -1.61. The molecule has 2 nitrogen and oxygen atoms in total. The van der Waals surface area contributed by atoms with Crippen LogP contribution in [0.2, 0.25) is 0 Å². The summed E-state index contributed by atoms with van der Waals surface area (Å²) in [6.45, 7) is 2.50. The molecule has 1 aliphatic heterocycles. The summed E-state index contributed by atoms with van der Waals surface area (Å²) in [6, 6.07) is 3.64. The molecule has 1 aromatic rings. The Morgan fingerprint density at radius 2 is 2.30 bits per heavy atom. The van der Waals surface area contributed by atoms with Crippen LogP contribution in [-0.2, 0) is 0 Å². The molecule has 0 amide bonds. The van der Waals surface area contributed by atoms with Gasteiger partial charge in [-0.2, -0.15) is 0 Å². The Kier molecular flexibility index (Phi) is 3.12. The summed E-state index contributed by atoms with van der Waals surface area (Å²) in [4.78, 5) is 10.7. The number of rotatable bonds is 1. The van der Waals surface area contributed by atoms with Gasteiger partial charge in [0, 0.05) is 13.1 Å². The third kappa shape index (κ3) is 3.37. The molecular formula is C7H9NOS. The number of nitrogens with one attached hydrogen (secondary N) is 1. The molecule has 0 aromatic carbocycles. The van der Waals surface area contributed by atoms with Crippen LogP contribution in [0.15, 0.2) is 17.5 Å². The molecule has 54 valence electrons. The van der Waals surface area contributed by atoms with Crippen LogP contribution in [0.5, 0.6) is 0 Å². The molecule has 0 spiro atoms. The van der Waals surface area contributed by atoms with Gasteiger partial charge in [-0.1, -0.05) is 6.07 Å². The molecule has 2 heterocycles. The van der Waals surface area contributed by atoms with Crippen LogP contribution in [0.4, 0.5) is 0 Å². The zero-order valence-electron chi connectivity index (χ0n) is 5.54. The molecule has 3 heteroatoms. The van der Waals surface area contributed by atoms with Crippen LogP contribution in [0.1, 0.15) is 9.67 Å². The van der Waals surface area contributed by atoms with Crippen molar-refractivity contribution in [1.29, 1.82) is 0 Å². The van der Waals surface area contributed by atoms with Crippen molar-refractivity contribution in [2.45, 2.75) is 0 Å². The van der Waals surface area contributed by atoms with Gasteiger partial charge in [-0.05, 0) is 11.4 Å². The number of hydrogen-bond donors (Lipinski definition) is 1. The van der Waals surface area contributed by atoms with E-state index >= 15 is 0 Å². The van der Waals surface area contributed by atoms with E-state index in [1.807, 2.05) is 11.4 Å². The molecule has 0 atom stereocenters. The van der Waals surface area contributed by atoms with Gasteiger partial charge in [0.1, 0.15) is 0 Å². The Balaban J connectivity index is 0.000000138. The molecule has 1 fully saturated rings. The van der Waals surface area contributed by atoms with Gasteiger partial charge in [-0.25, -0.2) is 0 Å². The highest BCUT2D eigenvalue weighted by molar-refractivity contribution is 7.11. The molecule has 0 aliphatic carbocycles. The normalized spacial score (nSPS) is 13.2. The van der Waals surface area contributed by atoms with Gasteiger partial charge in [-0.3, -0.25) is 4.79 Å². The quantitative estimate of drug-likeness (QED) is 0.488. The monoisotopic (exact) mass is 155 g/mol. The molecule has 10 heavy (non-hydrogen) atoms. The van der Waals surface area contributed by atoms with E-state index in [2.05, 4.69) is 5.32 Å². The highest BCUT2D eigenvalue weighted by Crippen LogP contribution is 2.03. The maximum Gasteiger partial charge on any atom is 0.159 e. The summed E-state index contributed by atoms with van der Waals surface area (Å²) in [5, 5.41) is 4.88. The van der Waals surface area contributed by atoms with E-state index in [1.54, 1.807) is 6.07 Å². The molecule has 0 unspecified atom stereocenters. The summed E-state index contributed by atoms with van der Waals surface area (Å²) >= 11 is 1.45. The Morgan fingerprint density at radius 1 is 1.60 bits per heavy atom. The van der Waals surface area contributed by atoms with Crippen LogP contribution in [0.3, 0.4) is 0 Å². The molecule has 2 rings (SSSR count). The molecule has 1 saturated heterocycles. The Morgan fingerprint density at radius 3 is 2.50 bits per heavy atom. The number of thiophene rings is 1. The standard InChI is InChI=1S/C5H4OS.C2H5N/c6-4-5-2-1-3-7-5;1-2-3-1/h1-4H;3H,1-2H2. The van der Waals surface area contributed by atoms with Gasteiger partial charge < -0.3 is 5.32 Å². The van der Waals surface area contributed by atoms with Gasteiger partial charge in [0.05, 0.1) is 4.88 Å². The first-order valence-corrected chi connectivity index (χ1v) is 4.01. The molecule has 1 aromatic heterocycles. The predicted octanol–water partition coefficient (Wildman–Crippen LogP) is 1.15. The lowest BCUT2D eigenvalue weighted by Gasteiger charge is -1.66. The fraction of sp³-hybridized carbons (Fsp3) is 0.286. The zero-order valence-corrected chi connectivity index (χ0v) is 6.36. The van der Waals surface area contributed by atoms with Gasteiger partial charge in [-0.15, -0.1) is 11.3 Å². The average Bonchev–Trinajstić information content (AvgIpc) is 2.75. The van der Waals surface area contributed by atoms with Crippen LogP contribution in [0, 0.1) is 0 Å². The van der Waals surface area contributed by atoms with E-state index in [1.165, 1.54) is 24.4 Å². The maximum absolute atomic E-state index is 9.88. The third-order valence-corrected chi connectivity index (χ3v) is 1.71. The SMILES string of the molecule is C1CN1.O=Cc1cccs1. The van der Waals surface area contributed by atoms with E-state index in [0.29, 0.717) is 0 Å². The predicted molar refractivity (Wildman–Crippen MR) is 42.6 cm³/mol. The van der Waals surface area contributed by atoms with E-state index in [9.17, 15) is 4.79 Å². The van der Waals surface area contributed by atoms with Gasteiger partial charge in [0.15, 0.2) is 6.29 Å². The second-order valence-electron chi connectivity index (χ2n) is 1.88. The first kappa shape index (κ1) is 7.44. The minimum atomic E-state index is 0.792. The number of aldehydes is 1. The van der Waals surface area contributed by atoms with Crippen molar-refractivity contribution in [2.24, 2.45) is 0 Å². The maximum atomic E-state index is 9.88. The minimum absolute atomic E-state index is 0.792. The summed E-state index contributed by atoms with van der Waals surface area (Å²) in [7, 11) is 0. The minimum Gasteiger partial charge on any atom is -0.314 e. The first-order chi connectivity index (χ1) is 4.93. The van der Waals surface area contributed by atoms with Crippen molar-refractivity contribution in [1.82, 2.24) is 5.32 Å². The Bertz CT molecular complexity index is 179. The highest BCUT2D eigenvalue weighted by atomic mass is 32.1. The second kappa shape index (κ2) is 4.19. The fourth-order valence-corrected chi connectivity index (χ4v) is 0.885. The molecule has 0 radical (unpaired) electrons. The third-order valence-electron chi connectivity index (χ3n) is 0.909. The largest absolute Gasteiger partial charge is 0.314 e. The van der Waals surface area contributed by atoms with Crippen LogP contribution < -0.4 is 5.32 Å². The number of hydrogen-bond acceptors (Lipinski definition) is 3. The number of carbonyl (C=O) groups excluding carboxylic acids is 1. The fourth-order valence-electron chi connectivity index (χ4n) is 0.358. The first-order valence-electron chi connectivity index (χ1n) is 3.13. The lowest BCUT2D eigenvalue weighted by molar-refractivity contribution is 0.112.